The lowest BCUT2D eigenvalue weighted by atomic mass is 9.88. The molecule has 1 saturated heterocycles. The van der Waals surface area contributed by atoms with Crippen LogP contribution < -0.4 is 11.1 Å². The van der Waals surface area contributed by atoms with E-state index in [1.165, 1.54) is 0 Å². The average molecular weight is 327 g/mol. The summed E-state index contributed by atoms with van der Waals surface area (Å²) in [5.41, 5.74) is 5.33. The number of nitrogens with two attached hydrogens (primary N) is 1. The Balaban J connectivity index is 1.50. The summed E-state index contributed by atoms with van der Waals surface area (Å²) in [7, 11) is 0. The zero-order valence-corrected chi connectivity index (χ0v) is 14.8. The molecule has 0 unspecified atom stereocenters. The molecule has 23 heavy (non-hydrogen) atoms. The average Bonchev–Trinajstić information content (AvgIpc) is 2.43. The molecule has 6 nitrogen and oxygen atoms in total. The van der Waals surface area contributed by atoms with E-state index >= 15 is 0 Å². The Hall–Kier alpha value is -0.850. The van der Waals surface area contributed by atoms with Crippen molar-refractivity contribution in [2.75, 3.05) is 26.2 Å². The van der Waals surface area contributed by atoms with E-state index in [4.69, 9.17) is 15.2 Å². The molecular formula is C17H33N3O3. The van der Waals surface area contributed by atoms with E-state index < -0.39 is 5.60 Å². The van der Waals surface area contributed by atoms with Crippen LogP contribution in [0.1, 0.15) is 52.9 Å². The largest absolute Gasteiger partial charge is 0.444 e. The predicted molar refractivity (Wildman–Crippen MR) is 90.4 cm³/mol. The molecule has 1 saturated carbocycles. The van der Waals surface area contributed by atoms with Gasteiger partial charge in [0.05, 0.1) is 6.10 Å². The minimum absolute atomic E-state index is 0.209. The summed E-state index contributed by atoms with van der Waals surface area (Å²) in [4.78, 5) is 13.8. The topological polar surface area (TPSA) is 76.8 Å². The first-order valence-electron chi connectivity index (χ1n) is 8.92. The molecule has 6 heteroatoms. The summed E-state index contributed by atoms with van der Waals surface area (Å²) in [6.45, 7) is 8.90. The number of carbonyl (C=O) groups is 1. The van der Waals surface area contributed by atoms with Gasteiger partial charge in [-0.15, -0.1) is 0 Å². The maximum Gasteiger partial charge on any atom is 0.410 e. The molecule has 0 bridgehead atoms. The summed E-state index contributed by atoms with van der Waals surface area (Å²) in [6, 6.07) is 1.01. The fraction of sp³-hybridized carbons (Fsp3) is 0.941. The summed E-state index contributed by atoms with van der Waals surface area (Å²) >= 11 is 0. The number of amides is 1. The van der Waals surface area contributed by atoms with Crippen LogP contribution in [0.25, 0.3) is 0 Å². The molecule has 1 aliphatic heterocycles. The van der Waals surface area contributed by atoms with Gasteiger partial charge in [-0.3, -0.25) is 0 Å². The number of carbonyl (C=O) groups excluding carboxylic acids is 1. The highest BCUT2D eigenvalue weighted by molar-refractivity contribution is 5.68. The van der Waals surface area contributed by atoms with Crippen molar-refractivity contribution in [3.05, 3.63) is 0 Å². The molecule has 134 valence electrons. The lowest BCUT2D eigenvalue weighted by molar-refractivity contribution is -0.0118. The van der Waals surface area contributed by atoms with Gasteiger partial charge < -0.3 is 25.4 Å². The van der Waals surface area contributed by atoms with Crippen LogP contribution in [0.5, 0.6) is 0 Å². The van der Waals surface area contributed by atoms with Gasteiger partial charge in [-0.1, -0.05) is 0 Å². The van der Waals surface area contributed by atoms with Gasteiger partial charge in [0.25, 0.3) is 0 Å². The van der Waals surface area contributed by atoms with Crippen LogP contribution in [0.4, 0.5) is 4.79 Å². The fourth-order valence-corrected chi connectivity index (χ4v) is 2.99. The molecule has 3 N–H and O–H groups in total. The van der Waals surface area contributed by atoms with Crippen molar-refractivity contribution in [1.82, 2.24) is 10.2 Å². The van der Waals surface area contributed by atoms with Crippen molar-refractivity contribution in [1.29, 1.82) is 0 Å². The molecule has 1 aliphatic carbocycles. The smallest absolute Gasteiger partial charge is 0.410 e. The van der Waals surface area contributed by atoms with Gasteiger partial charge in [-0.2, -0.15) is 0 Å². The zero-order valence-electron chi connectivity index (χ0n) is 14.8. The highest BCUT2D eigenvalue weighted by Crippen LogP contribution is 2.18. The number of ether oxygens (including phenoxy) is 2. The summed E-state index contributed by atoms with van der Waals surface area (Å²) in [6.07, 6.45) is 5.07. The molecule has 0 radical (unpaired) electrons. The van der Waals surface area contributed by atoms with Crippen molar-refractivity contribution < 1.29 is 14.3 Å². The number of rotatable bonds is 6. The summed E-state index contributed by atoms with van der Waals surface area (Å²) in [5, 5.41) is 3.50. The number of piperidine rings is 1. The van der Waals surface area contributed by atoms with Crippen molar-refractivity contribution in [3.8, 4) is 0 Å². The van der Waals surface area contributed by atoms with E-state index in [1.54, 1.807) is 4.90 Å². The van der Waals surface area contributed by atoms with Crippen molar-refractivity contribution >= 4 is 6.09 Å². The Morgan fingerprint density at radius 1 is 1.26 bits per heavy atom. The number of hydrogen-bond acceptors (Lipinski definition) is 5. The second kappa shape index (κ2) is 8.31. The molecule has 1 heterocycles. The quantitative estimate of drug-likeness (QED) is 0.728. The van der Waals surface area contributed by atoms with E-state index in [9.17, 15) is 4.79 Å². The zero-order chi connectivity index (χ0) is 16.9. The van der Waals surface area contributed by atoms with Gasteiger partial charge in [0.15, 0.2) is 0 Å². The van der Waals surface area contributed by atoms with Gasteiger partial charge in [-0.25, -0.2) is 4.79 Å². The molecule has 1 amide bonds. The van der Waals surface area contributed by atoms with Gasteiger partial charge in [0, 0.05) is 31.8 Å². The number of nitrogens with zero attached hydrogens (tertiary/aromatic N) is 1. The van der Waals surface area contributed by atoms with Crippen LogP contribution in [0.3, 0.4) is 0 Å². The van der Waals surface area contributed by atoms with E-state index in [0.717, 1.165) is 58.3 Å². The van der Waals surface area contributed by atoms with Crippen LogP contribution >= 0.6 is 0 Å². The Labute approximate surface area is 140 Å². The second-order valence-corrected chi connectivity index (χ2v) is 7.77. The third-order valence-corrected chi connectivity index (χ3v) is 4.38. The van der Waals surface area contributed by atoms with E-state index in [-0.39, 0.29) is 12.2 Å². The molecule has 0 aromatic carbocycles. The first kappa shape index (κ1) is 18.5. The van der Waals surface area contributed by atoms with Crippen LogP contribution in [-0.2, 0) is 9.47 Å². The molecule has 2 rings (SSSR count). The molecule has 0 spiro atoms. The Morgan fingerprint density at radius 2 is 1.91 bits per heavy atom. The van der Waals surface area contributed by atoms with Crippen molar-refractivity contribution in [2.45, 2.75) is 76.7 Å². The summed E-state index contributed by atoms with van der Waals surface area (Å²) in [5.74, 6) is 0. The fourth-order valence-electron chi connectivity index (χ4n) is 2.99. The van der Waals surface area contributed by atoms with Crippen LogP contribution in [0.15, 0.2) is 0 Å². The Morgan fingerprint density at radius 3 is 2.48 bits per heavy atom. The number of nitrogens with one attached hydrogen (secondary N) is 1. The maximum absolute atomic E-state index is 12.0. The van der Waals surface area contributed by atoms with Gasteiger partial charge in [0.1, 0.15) is 5.60 Å². The standard InChI is InChI=1S/C17H33N3O3/c1-17(2,3)23-16(21)20-8-5-15(6-9-20)22-10-4-7-19-14-11-13(18)12-14/h13-15,19H,4-12,18H2,1-3H3. The minimum atomic E-state index is -0.429. The SMILES string of the molecule is CC(C)(C)OC(=O)N1CCC(OCCCNC2CC(N)C2)CC1. The van der Waals surface area contributed by atoms with E-state index in [1.807, 2.05) is 20.8 Å². The Bertz CT molecular complexity index is 370. The second-order valence-electron chi connectivity index (χ2n) is 7.77. The van der Waals surface area contributed by atoms with Crippen molar-refractivity contribution in [3.63, 3.8) is 0 Å². The lowest BCUT2D eigenvalue weighted by Gasteiger charge is -2.34. The maximum atomic E-state index is 12.0. The third kappa shape index (κ3) is 6.65. The first-order valence-corrected chi connectivity index (χ1v) is 8.92. The van der Waals surface area contributed by atoms with E-state index in [0.29, 0.717) is 12.1 Å². The van der Waals surface area contributed by atoms with Crippen LogP contribution in [0.2, 0.25) is 0 Å². The van der Waals surface area contributed by atoms with Crippen molar-refractivity contribution in [2.24, 2.45) is 5.73 Å². The third-order valence-electron chi connectivity index (χ3n) is 4.38. The normalized spacial score (nSPS) is 26.0. The monoisotopic (exact) mass is 327 g/mol. The van der Waals surface area contributed by atoms with Crippen LogP contribution in [-0.4, -0.2) is 61.0 Å². The first-order chi connectivity index (χ1) is 10.8. The van der Waals surface area contributed by atoms with Gasteiger partial charge in [0.2, 0.25) is 0 Å². The summed E-state index contributed by atoms with van der Waals surface area (Å²) < 4.78 is 11.3. The van der Waals surface area contributed by atoms with Crippen LogP contribution in [0, 0.1) is 0 Å². The molecule has 2 fully saturated rings. The molecular weight excluding hydrogens is 294 g/mol. The molecule has 2 aliphatic rings. The van der Waals surface area contributed by atoms with Gasteiger partial charge >= 0.3 is 6.09 Å². The highest BCUT2D eigenvalue weighted by Gasteiger charge is 2.27. The van der Waals surface area contributed by atoms with Gasteiger partial charge in [-0.05, 0) is 59.4 Å². The lowest BCUT2D eigenvalue weighted by Crippen LogP contribution is -2.48. The number of hydrogen-bond donors (Lipinski definition) is 2. The molecule has 0 aromatic rings. The molecule has 0 atom stereocenters. The minimum Gasteiger partial charge on any atom is -0.444 e. The predicted octanol–water partition coefficient (Wildman–Crippen LogP) is 1.87. The van der Waals surface area contributed by atoms with E-state index in [2.05, 4.69) is 5.32 Å². The highest BCUT2D eigenvalue weighted by atomic mass is 16.6. The molecule has 0 aromatic heterocycles. The number of likely N-dealkylation sites (tertiary alicyclic amines) is 1. The Kier molecular flexibility index (Phi) is 6.68.